The average molecular weight is 398 g/mol. The van der Waals surface area contributed by atoms with Crippen molar-refractivity contribution in [3.8, 4) is 0 Å². The molecule has 0 N–H and O–H groups in total. The van der Waals surface area contributed by atoms with Gasteiger partial charge in [0, 0.05) is 6.92 Å². The van der Waals surface area contributed by atoms with Gasteiger partial charge in [0.2, 0.25) is 0 Å². The smallest absolute Gasteiger partial charge is 0.311 e. The van der Waals surface area contributed by atoms with Gasteiger partial charge in [0.05, 0.1) is 11.3 Å². The minimum atomic E-state index is -2.99. The van der Waals surface area contributed by atoms with Crippen LogP contribution in [-0.2, 0) is 19.1 Å². The molecule has 4 aliphatic rings. The second-order valence-electron chi connectivity index (χ2n) is 10.4. The Morgan fingerprint density at radius 1 is 0.964 bits per heavy atom. The van der Waals surface area contributed by atoms with Crippen LogP contribution in [0.4, 0.5) is 8.78 Å². The van der Waals surface area contributed by atoms with Gasteiger partial charge in [-0.25, -0.2) is 8.78 Å². The highest BCUT2D eigenvalue weighted by atomic mass is 19.3. The maximum atomic E-state index is 13.1. The van der Waals surface area contributed by atoms with Crippen LogP contribution >= 0.6 is 0 Å². The number of esters is 2. The lowest BCUT2D eigenvalue weighted by molar-refractivity contribution is -0.168. The van der Waals surface area contributed by atoms with E-state index in [0.717, 1.165) is 39.0 Å². The predicted molar refractivity (Wildman–Crippen MR) is 98.4 cm³/mol. The summed E-state index contributed by atoms with van der Waals surface area (Å²) >= 11 is 0. The van der Waals surface area contributed by atoms with E-state index in [2.05, 4.69) is 0 Å². The lowest BCUT2D eigenvalue weighted by atomic mass is 9.66. The Bertz CT molecular complexity index is 655. The molecule has 0 saturated heterocycles. The number of fused-ring (bicyclic) bond motifs is 9. The first-order valence-electron chi connectivity index (χ1n) is 10.8. The van der Waals surface area contributed by atoms with E-state index in [1.54, 1.807) is 0 Å². The molecular formula is C22H32F2O4. The molecule has 0 radical (unpaired) electrons. The van der Waals surface area contributed by atoms with Crippen molar-refractivity contribution in [2.75, 3.05) is 6.61 Å². The number of carbonyl (C=O) groups is 2. The summed E-state index contributed by atoms with van der Waals surface area (Å²) in [5.74, 6) is -1.29. The molecule has 0 aromatic heterocycles. The molecule has 28 heavy (non-hydrogen) atoms. The van der Waals surface area contributed by atoms with Gasteiger partial charge in [-0.3, -0.25) is 9.59 Å². The summed E-state index contributed by atoms with van der Waals surface area (Å²) in [6, 6.07) is 0. The van der Waals surface area contributed by atoms with Gasteiger partial charge in [-0.15, -0.1) is 0 Å². The second-order valence-corrected chi connectivity index (χ2v) is 10.4. The van der Waals surface area contributed by atoms with Crippen molar-refractivity contribution >= 4 is 11.9 Å². The minimum Gasteiger partial charge on any atom is -0.462 e. The van der Waals surface area contributed by atoms with Gasteiger partial charge in [0.15, 0.2) is 6.61 Å². The fourth-order valence-corrected chi connectivity index (χ4v) is 6.70. The maximum Gasteiger partial charge on any atom is 0.311 e. The number of hydrogen-bond acceptors (Lipinski definition) is 4. The molecule has 4 aliphatic carbocycles. The van der Waals surface area contributed by atoms with Gasteiger partial charge < -0.3 is 9.47 Å². The van der Waals surface area contributed by atoms with Crippen molar-refractivity contribution in [1.29, 1.82) is 0 Å². The molecule has 0 amide bonds. The van der Waals surface area contributed by atoms with Crippen LogP contribution in [0.1, 0.15) is 59.8 Å². The third-order valence-corrected chi connectivity index (χ3v) is 8.22. The van der Waals surface area contributed by atoms with E-state index in [4.69, 9.17) is 9.47 Å². The Hall–Kier alpha value is -1.20. The Balaban J connectivity index is 1.42. The number of rotatable bonds is 6. The van der Waals surface area contributed by atoms with E-state index in [1.807, 2.05) is 20.8 Å². The van der Waals surface area contributed by atoms with E-state index in [1.165, 1.54) is 0 Å². The van der Waals surface area contributed by atoms with Crippen molar-refractivity contribution < 1.29 is 27.8 Å². The monoisotopic (exact) mass is 398 g/mol. The molecule has 0 spiro atoms. The quantitative estimate of drug-likeness (QED) is 0.490. The molecule has 4 fully saturated rings. The molecule has 4 nitrogen and oxygen atoms in total. The van der Waals surface area contributed by atoms with Crippen molar-refractivity contribution in [2.24, 2.45) is 46.8 Å². The molecule has 8 atom stereocenters. The first kappa shape index (κ1) is 20.1. The van der Waals surface area contributed by atoms with E-state index in [9.17, 15) is 18.4 Å². The molecule has 4 rings (SSSR count). The maximum absolute atomic E-state index is 13.1. The van der Waals surface area contributed by atoms with Crippen molar-refractivity contribution in [1.82, 2.24) is 0 Å². The van der Waals surface area contributed by atoms with E-state index >= 15 is 0 Å². The van der Waals surface area contributed by atoms with E-state index in [-0.39, 0.29) is 23.9 Å². The van der Waals surface area contributed by atoms with E-state index < -0.39 is 23.9 Å². The van der Waals surface area contributed by atoms with Crippen molar-refractivity contribution in [3.63, 3.8) is 0 Å². The highest BCUT2D eigenvalue weighted by Gasteiger charge is 2.66. The van der Waals surface area contributed by atoms with Gasteiger partial charge in [-0.1, -0.05) is 6.92 Å². The topological polar surface area (TPSA) is 52.6 Å². The average Bonchev–Trinajstić information content (AvgIpc) is 3.36. The molecule has 0 aliphatic heterocycles. The van der Waals surface area contributed by atoms with Crippen molar-refractivity contribution in [2.45, 2.75) is 71.8 Å². The normalized spacial score (nSPS) is 41.2. The Kier molecular flexibility index (Phi) is 4.78. The fourth-order valence-electron chi connectivity index (χ4n) is 6.70. The third kappa shape index (κ3) is 3.24. The van der Waals surface area contributed by atoms with Crippen LogP contribution in [0.3, 0.4) is 0 Å². The zero-order chi connectivity index (χ0) is 20.4. The summed E-state index contributed by atoms with van der Waals surface area (Å²) in [4.78, 5) is 25.0. The molecule has 0 heterocycles. The van der Waals surface area contributed by atoms with Crippen LogP contribution in [0, 0.1) is 46.8 Å². The summed E-state index contributed by atoms with van der Waals surface area (Å²) in [6.07, 6.45) is 4.46. The summed E-state index contributed by atoms with van der Waals surface area (Å²) in [6.45, 7) is 5.75. The molecule has 0 aromatic rings. The van der Waals surface area contributed by atoms with E-state index in [0.29, 0.717) is 29.6 Å². The zero-order valence-electron chi connectivity index (χ0n) is 17.3. The van der Waals surface area contributed by atoms with Gasteiger partial charge in [0.25, 0.3) is 5.92 Å². The first-order chi connectivity index (χ1) is 13.0. The molecule has 0 aromatic carbocycles. The first-order valence-corrected chi connectivity index (χ1v) is 10.8. The Morgan fingerprint density at radius 2 is 1.61 bits per heavy atom. The fraction of sp³-hybridized carbons (Fsp3) is 0.909. The number of carbonyl (C=O) groups excluding carboxylic acids is 2. The summed E-state index contributed by atoms with van der Waals surface area (Å²) in [5, 5.41) is 0. The summed E-state index contributed by atoms with van der Waals surface area (Å²) in [7, 11) is 0. The van der Waals surface area contributed by atoms with Crippen LogP contribution in [0.5, 0.6) is 0 Å². The summed E-state index contributed by atoms with van der Waals surface area (Å²) < 4.78 is 37.0. The largest absolute Gasteiger partial charge is 0.462 e. The minimum absolute atomic E-state index is 0.0550. The number of alkyl halides is 2. The highest BCUT2D eigenvalue weighted by Crippen LogP contribution is 2.69. The van der Waals surface area contributed by atoms with Crippen LogP contribution in [-0.4, -0.2) is 30.6 Å². The molecule has 8 unspecified atom stereocenters. The van der Waals surface area contributed by atoms with Crippen LogP contribution in [0.15, 0.2) is 0 Å². The third-order valence-electron chi connectivity index (χ3n) is 8.22. The van der Waals surface area contributed by atoms with Gasteiger partial charge in [0.1, 0.15) is 6.10 Å². The molecule has 6 heteroatoms. The van der Waals surface area contributed by atoms with Crippen LogP contribution < -0.4 is 0 Å². The second kappa shape index (κ2) is 6.66. The Labute approximate surface area is 165 Å². The number of ether oxygens (including phenoxy) is 2. The van der Waals surface area contributed by atoms with Gasteiger partial charge in [-0.05, 0) is 81.5 Å². The van der Waals surface area contributed by atoms with Gasteiger partial charge >= 0.3 is 11.9 Å². The van der Waals surface area contributed by atoms with Crippen LogP contribution in [0.2, 0.25) is 0 Å². The lowest BCUT2D eigenvalue weighted by Crippen LogP contribution is -2.43. The molecule has 158 valence electrons. The molecular weight excluding hydrogens is 366 g/mol. The standard InChI is InChI=1S/C22H32F2O4/c1-5-21(2,3)20(26)28-16-9-12-8-15(16)18-13-6-11(17(12)18)7-14(13)19(25)27-10-22(4,23)24/h11-18H,5-10H2,1-4H3. The predicted octanol–water partition coefficient (Wildman–Crippen LogP) is 4.46. The lowest BCUT2D eigenvalue weighted by Gasteiger charge is -2.41. The summed E-state index contributed by atoms with van der Waals surface area (Å²) in [5.41, 5.74) is -0.479. The number of halogens is 2. The SMILES string of the molecule is CCC(C)(C)C(=O)OC1CC2CC1C1C3CC(CC3C(=O)OCC(C)(F)F)C21. The van der Waals surface area contributed by atoms with Crippen molar-refractivity contribution in [3.05, 3.63) is 0 Å². The number of hydrogen-bond donors (Lipinski definition) is 0. The molecule has 4 bridgehead atoms. The zero-order valence-corrected chi connectivity index (χ0v) is 17.3. The Morgan fingerprint density at radius 3 is 2.25 bits per heavy atom. The van der Waals surface area contributed by atoms with Crippen LogP contribution in [0.25, 0.3) is 0 Å². The molecule has 4 saturated carbocycles. The highest BCUT2D eigenvalue weighted by molar-refractivity contribution is 5.76. The van der Waals surface area contributed by atoms with Gasteiger partial charge in [-0.2, -0.15) is 0 Å².